The Morgan fingerprint density at radius 1 is 1.47 bits per heavy atom. The van der Waals surface area contributed by atoms with Crippen molar-refractivity contribution in [1.29, 1.82) is 0 Å². The van der Waals surface area contributed by atoms with E-state index in [2.05, 4.69) is 30.6 Å². The Balaban J connectivity index is 2.02. The average Bonchev–Trinajstić information content (AvgIpc) is 2.98. The number of hydrogen-bond donors (Lipinski definition) is 1. The predicted octanol–water partition coefficient (Wildman–Crippen LogP) is 0.891. The van der Waals surface area contributed by atoms with Crippen LogP contribution >= 0.6 is 0 Å². The van der Waals surface area contributed by atoms with Crippen LogP contribution in [0.25, 0.3) is 0 Å². The van der Waals surface area contributed by atoms with Crippen molar-refractivity contribution in [2.75, 3.05) is 32.8 Å². The van der Waals surface area contributed by atoms with Gasteiger partial charge in [0.1, 0.15) is 0 Å². The van der Waals surface area contributed by atoms with Gasteiger partial charge >= 0.3 is 5.97 Å². The number of hydrogen-bond acceptors (Lipinski definition) is 4. The summed E-state index contributed by atoms with van der Waals surface area (Å²) < 4.78 is 5.41. The Hall–Kier alpha value is -0.650. The van der Waals surface area contributed by atoms with Crippen LogP contribution in [0.5, 0.6) is 0 Å². The molecule has 3 unspecified atom stereocenters. The van der Waals surface area contributed by atoms with E-state index < -0.39 is 5.97 Å². The zero-order valence-corrected chi connectivity index (χ0v) is 12.2. The first-order chi connectivity index (χ1) is 9.04. The SMILES string of the molecule is CCN(C1CCN(C(C)C)C1)C1COCC1C(=O)O. The highest BCUT2D eigenvalue weighted by Gasteiger charge is 2.41. The summed E-state index contributed by atoms with van der Waals surface area (Å²) in [6.07, 6.45) is 1.13. The lowest BCUT2D eigenvalue weighted by Crippen LogP contribution is -2.49. The zero-order valence-electron chi connectivity index (χ0n) is 12.2. The molecule has 19 heavy (non-hydrogen) atoms. The van der Waals surface area contributed by atoms with Gasteiger partial charge in [-0.3, -0.25) is 14.6 Å². The normalized spacial score (nSPS) is 32.6. The number of carboxylic acid groups (broad SMARTS) is 1. The molecule has 0 saturated carbocycles. The maximum absolute atomic E-state index is 11.3. The highest BCUT2D eigenvalue weighted by molar-refractivity contribution is 5.71. The third-order valence-corrected chi connectivity index (χ3v) is 4.55. The maximum atomic E-state index is 11.3. The number of aliphatic carboxylic acids is 1. The molecule has 2 fully saturated rings. The molecule has 0 aromatic carbocycles. The number of likely N-dealkylation sites (N-methyl/N-ethyl adjacent to an activating group) is 1. The number of carbonyl (C=O) groups is 1. The summed E-state index contributed by atoms with van der Waals surface area (Å²) in [5.41, 5.74) is 0. The fourth-order valence-electron chi connectivity index (χ4n) is 3.38. The van der Waals surface area contributed by atoms with E-state index in [1.807, 2.05) is 0 Å². The molecule has 5 heteroatoms. The smallest absolute Gasteiger partial charge is 0.310 e. The highest BCUT2D eigenvalue weighted by atomic mass is 16.5. The van der Waals surface area contributed by atoms with Crippen molar-refractivity contribution in [2.24, 2.45) is 5.92 Å². The summed E-state index contributed by atoms with van der Waals surface area (Å²) in [4.78, 5) is 16.1. The standard InChI is InChI=1S/C14H26N2O3/c1-4-16(11-5-6-15(7-11)10(2)3)13-9-19-8-12(13)14(17)18/h10-13H,4-9H2,1-3H3,(H,17,18). The second-order valence-corrected chi connectivity index (χ2v) is 5.91. The summed E-state index contributed by atoms with van der Waals surface area (Å²) in [6.45, 7) is 10.5. The fourth-order valence-corrected chi connectivity index (χ4v) is 3.38. The fraction of sp³-hybridized carbons (Fsp3) is 0.929. The average molecular weight is 270 g/mol. The maximum Gasteiger partial charge on any atom is 0.310 e. The van der Waals surface area contributed by atoms with Gasteiger partial charge in [0.15, 0.2) is 0 Å². The van der Waals surface area contributed by atoms with Crippen LogP contribution < -0.4 is 0 Å². The summed E-state index contributed by atoms with van der Waals surface area (Å²) in [6, 6.07) is 1.08. The number of carboxylic acids is 1. The molecule has 0 aromatic heterocycles. The van der Waals surface area contributed by atoms with Crippen molar-refractivity contribution in [3.05, 3.63) is 0 Å². The van der Waals surface area contributed by atoms with E-state index in [0.29, 0.717) is 25.3 Å². The van der Waals surface area contributed by atoms with Gasteiger partial charge in [-0.1, -0.05) is 6.92 Å². The molecule has 5 nitrogen and oxygen atoms in total. The van der Waals surface area contributed by atoms with Gasteiger partial charge in [0.2, 0.25) is 0 Å². The second-order valence-electron chi connectivity index (χ2n) is 5.91. The van der Waals surface area contributed by atoms with Crippen LogP contribution in [0, 0.1) is 5.92 Å². The van der Waals surface area contributed by atoms with Gasteiger partial charge in [0.25, 0.3) is 0 Å². The van der Waals surface area contributed by atoms with E-state index in [9.17, 15) is 9.90 Å². The summed E-state index contributed by atoms with van der Waals surface area (Å²) >= 11 is 0. The molecule has 3 atom stereocenters. The summed E-state index contributed by atoms with van der Waals surface area (Å²) in [5, 5.41) is 9.29. The van der Waals surface area contributed by atoms with Crippen molar-refractivity contribution in [3.8, 4) is 0 Å². The van der Waals surface area contributed by atoms with Crippen LogP contribution in [0.3, 0.4) is 0 Å². The summed E-state index contributed by atoms with van der Waals surface area (Å²) in [7, 11) is 0. The molecule has 0 aliphatic carbocycles. The van der Waals surface area contributed by atoms with Crippen LogP contribution in [0.1, 0.15) is 27.2 Å². The van der Waals surface area contributed by atoms with Crippen LogP contribution in [0.4, 0.5) is 0 Å². The van der Waals surface area contributed by atoms with E-state index in [1.165, 1.54) is 0 Å². The molecule has 2 aliphatic heterocycles. The third kappa shape index (κ3) is 3.09. The Morgan fingerprint density at radius 3 is 2.74 bits per heavy atom. The Kier molecular flexibility index (Phi) is 4.81. The molecule has 0 spiro atoms. The lowest BCUT2D eigenvalue weighted by Gasteiger charge is -2.34. The monoisotopic (exact) mass is 270 g/mol. The topological polar surface area (TPSA) is 53.0 Å². The third-order valence-electron chi connectivity index (χ3n) is 4.55. The van der Waals surface area contributed by atoms with Gasteiger partial charge in [0, 0.05) is 31.2 Å². The molecule has 0 bridgehead atoms. The minimum Gasteiger partial charge on any atom is -0.481 e. The van der Waals surface area contributed by atoms with E-state index in [0.717, 1.165) is 26.1 Å². The molecule has 2 aliphatic rings. The molecule has 0 radical (unpaired) electrons. The number of likely N-dealkylation sites (tertiary alicyclic amines) is 1. The van der Waals surface area contributed by atoms with Gasteiger partial charge in [-0.05, 0) is 26.8 Å². The lowest BCUT2D eigenvalue weighted by atomic mass is 10.00. The minimum absolute atomic E-state index is 0.0413. The van der Waals surface area contributed by atoms with Crippen molar-refractivity contribution >= 4 is 5.97 Å². The molecular formula is C14H26N2O3. The molecule has 110 valence electrons. The number of ether oxygens (including phenoxy) is 1. The van der Waals surface area contributed by atoms with Crippen molar-refractivity contribution < 1.29 is 14.6 Å². The van der Waals surface area contributed by atoms with Gasteiger partial charge < -0.3 is 9.84 Å². The summed E-state index contributed by atoms with van der Waals surface area (Å²) in [5.74, 6) is -1.09. The molecular weight excluding hydrogens is 244 g/mol. The Labute approximate surface area is 115 Å². The minimum atomic E-state index is -0.723. The van der Waals surface area contributed by atoms with E-state index in [-0.39, 0.29) is 12.0 Å². The molecule has 2 heterocycles. The Morgan fingerprint density at radius 2 is 2.21 bits per heavy atom. The van der Waals surface area contributed by atoms with Gasteiger partial charge in [0.05, 0.1) is 19.1 Å². The van der Waals surface area contributed by atoms with E-state index in [4.69, 9.17) is 4.74 Å². The highest BCUT2D eigenvalue weighted by Crippen LogP contribution is 2.26. The first-order valence-corrected chi connectivity index (χ1v) is 7.35. The van der Waals surface area contributed by atoms with Crippen molar-refractivity contribution in [1.82, 2.24) is 9.80 Å². The molecule has 2 rings (SSSR count). The van der Waals surface area contributed by atoms with Crippen molar-refractivity contribution in [3.63, 3.8) is 0 Å². The van der Waals surface area contributed by atoms with Crippen molar-refractivity contribution in [2.45, 2.75) is 45.3 Å². The molecule has 1 N–H and O–H groups in total. The van der Waals surface area contributed by atoms with Crippen LogP contribution in [0.15, 0.2) is 0 Å². The first kappa shape index (κ1) is 14.8. The van der Waals surface area contributed by atoms with Gasteiger partial charge in [-0.15, -0.1) is 0 Å². The number of nitrogens with zero attached hydrogens (tertiary/aromatic N) is 2. The lowest BCUT2D eigenvalue weighted by molar-refractivity contribution is -0.143. The van der Waals surface area contributed by atoms with Crippen LogP contribution in [-0.4, -0.2) is 71.8 Å². The van der Waals surface area contributed by atoms with Crippen LogP contribution in [0.2, 0.25) is 0 Å². The molecule has 2 saturated heterocycles. The predicted molar refractivity (Wildman–Crippen MR) is 73.2 cm³/mol. The quantitative estimate of drug-likeness (QED) is 0.804. The second kappa shape index (κ2) is 6.20. The van der Waals surface area contributed by atoms with Gasteiger partial charge in [-0.25, -0.2) is 0 Å². The molecule has 0 aromatic rings. The Bertz CT molecular complexity index is 322. The van der Waals surface area contributed by atoms with E-state index >= 15 is 0 Å². The van der Waals surface area contributed by atoms with Crippen LogP contribution in [-0.2, 0) is 9.53 Å². The van der Waals surface area contributed by atoms with Gasteiger partial charge in [-0.2, -0.15) is 0 Å². The zero-order chi connectivity index (χ0) is 14.0. The van der Waals surface area contributed by atoms with E-state index in [1.54, 1.807) is 0 Å². The largest absolute Gasteiger partial charge is 0.481 e. The first-order valence-electron chi connectivity index (χ1n) is 7.35. The number of rotatable bonds is 5. The molecule has 0 amide bonds.